The van der Waals surface area contributed by atoms with E-state index >= 15 is 0 Å². The van der Waals surface area contributed by atoms with Crippen LogP contribution in [0.2, 0.25) is 0 Å². The van der Waals surface area contributed by atoms with Gasteiger partial charge >= 0.3 is 0 Å². The van der Waals surface area contributed by atoms with Gasteiger partial charge in [-0.2, -0.15) is 0 Å². The molecular formula is C22H34N6O2S. The van der Waals surface area contributed by atoms with Crippen LogP contribution in [0, 0.1) is 0 Å². The van der Waals surface area contributed by atoms with E-state index < -0.39 is 0 Å². The maximum Gasteiger partial charge on any atom is 0.194 e. The molecular weight excluding hydrogens is 412 g/mol. The molecule has 2 aromatic heterocycles. The molecule has 0 bridgehead atoms. The van der Waals surface area contributed by atoms with E-state index in [0.29, 0.717) is 13.1 Å². The molecule has 1 aliphatic heterocycles. The van der Waals surface area contributed by atoms with Crippen LogP contribution in [0.15, 0.2) is 28.7 Å². The predicted molar refractivity (Wildman–Crippen MR) is 126 cm³/mol. The fourth-order valence-electron chi connectivity index (χ4n) is 3.39. The Hall–Kier alpha value is -2.23. The monoisotopic (exact) mass is 446 g/mol. The molecule has 1 saturated heterocycles. The first kappa shape index (κ1) is 23.4. The van der Waals surface area contributed by atoms with E-state index in [9.17, 15) is 0 Å². The number of pyridine rings is 1. The molecule has 9 heteroatoms. The summed E-state index contributed by atoms with van der Waals surface area (Å²) in [4.78, 5) is 18.5. The minimum absolute atomic E-state index is 0.0151. The number of guanidine groups is 1. The van der Waals surface area contributed by atoms with Crippen molar-refractivity contribution in [1.29, 1.82) is 0 Å². The first-order valence-electron chi connectivity index (χ1n) is 10.8. The van der Waals surface area contributed by atoms with Crippen LogP contribution in [0.4, 0.5) is 5.82 Å². The molecule has 0 amide bonds. The third kappa shape index (κ3) is 6.62. The van der Waals surface area contributed by atoms with E-state index in [1.165, 1.54) is 0 Å². The third-order valence-corrected chi connectivity index (χ3v) is 6.21. The van der Waals surface area contributed by atoms with Crippen LogP contribution in [-0.4, -0.2) is 67.3 Å². The summed E-state index contributed by atoms with van der Waals surface area (Å²) in [6, 6.07) is 4.16. The minimum Gasteiger partial charge on any atom is -0.375 e. The van der Waals surface area contributed by atoms with E-state index in [-0.39, 0.29) is 12.2 Å². The number of anilines is 1. The first-order valence-corrected chi connectivity index (χ1v) is 11.7. The van der Waals surface area contributed by atoms with Gasteiger partial charge < -0.3 is 24.6 Å². The standard InChI is InChI=1S/C22H34N6O2S/c1-6-23-22(27(4)14-19-15-31-21(26-19)17(3)29-5)25-12-18-7-8-24-20(11-18)28-9-10-30-16(2)13-28/h7-8,11,15-17H,6,9-10,12-14H2,1-5H3,(H,23,25). The molecule has 31 heavy (non-hydrogen) atoms. The van der Waals surface area contributed by atoms with E-state index in [2.05, 4.69) is 45.4 Å². The second-order valence-corrected chi connectivity index (χ2v) is 8.62. The van der Waals surface area contributed by atoms with Crippen LogP contribution in [0.25, 0.3) is 0 Å². The van der Waals surface area contributed by atoms with Gasteiger partial charge in [-0.1, -0.05) is 0 Å². The number of thiazole rings is 1. The number of nitrogens with one attached hydrogen (secondary N) is 1. The van der Waals surface area contributed by atoms with Crippen molar-refractivity contribution < 1.29 is 9.47 Å². The first-order chi connectivity index (χ1) is 15.0. The van der Waals surface area contributed by atoms with Crippen LogP contribution in [0.3, 0.4) is 0 Å². The fourth-order valence-corrected chi connectivity index (χ4v) is 4.24. The molecule has 1 aliphatic rings. The van der Waals surface area contributed by atoms with Gasteiger partial charge in [-0.05, 0) is 38.5 Å². The quantitative estimate of drug-likeness (QED) is 0.493. The molecule has 0 aromatic carbocycles. The predicted octanol–water partition coefficient (Wildman–Crippen LogP) is 3.07. The summed E-state index contributed by atoms with van der Waals surface area (Å²) in [5.41, 5.74) is 2.16. The molecule has 2 unspecified atom stereocenters. The zero-order chi connectivity index (χ0) is 22.2. The Balaban J connectivity index is 1.66. The fraction of sp³-hybridized carbons (Fsp3) is 0.591. The Kier molecular flexibility index (Phi) is 8.62. The van der Waals surface area contributed by atoms with Gasteiger partial charge in [-0.15, -0.1) is 11.3 Å². The molecule has 8 nitrogen and oxygen atoms in total. The number of rotatable bonds is 8. The molecule has 0 aliphatic carbocycles. The largest absolute Gasteiger partial charge is 0.375 e. The van der Waals surface area contributed by atoms with Crippen LogP contribution >= 0.6 is 11.3 Å². The summed E-state index contributed by atoms with van der Waals surface area (Å²) < 4.78 is 11.0. The van der Waals surface area contributed by atoms with Gasteiger partial charge in [-0.3, -0.25) is 0 Å². The van der Waals surface area contributed by atoms with Gasteiger partial charge in [0.15, 0.2) is 5.96 Å². The van der Waals surface area contributed by atoms with Gasteiger partial charge in [0.1, 0.15) is 16.9 Å². The second kappa shape index (κ2) is 11.4. The average molecular weight is 447 g/mol. The van der Waals surface area contributed by atoms with Crippen molar-refractivity contribution in [1.82, 2.24) is 20.2 Å². The zero-order valence-corrected chi connectivity index (χ0v) is 20.0. The van der Waals surface area contributed by atoms with Gasteiger partial charge in [0, 0.05) is 45.4 Å². The van der Waals surface area contributed by atoms with Crippen molar-refractivity contribution in [3.63, 3.8) is 0 Å². The van der Waals surface area contributed by atoms with Crippen molar-refractivity contribution in [2.24, 2.45) is 4.99 Å². The van der Waals surface area contributed by atoms with Crippen molar-refractivity contribution in [3.8, 4) is 0 Å². The summed E-state index contributed by atoms with van der Waals surface area (Å²) in [6.45, 7) is 10.7. The maximum atomic E-state index is 5.65. The third-order valence-electron chi connectivity index (χ3n) is 5.15. The van der Waals surface area contributed by atoms with Crippen molar-refractivity contribution in [2.45, 2.75) is 46.1 Å². The molecule has 3 heterocycles. The second-order valence-electron chi connectivity index (χ2n) is 7.73. The van der Waals surface area contributed by atoms with Gasteiger partial charge in [-0.25, -0.2) is 15.0 Å². The topological polar surface area (TPSA) is 75.1 Å². The van der Waals surface area contributed by atoms with E-state index in [1.54, 1.807) is 18.4 Å². The SMILES string of the molecule is CCNC(=NCc1ccnc(N2CCOC(C)C2)c1)N(C)Cc1csc(C(C)OC)n1. The molecule has 0 saturated carbocycles. The van der Waals surface area contributed by atoms with Crippen molar-refractivity contribution in [2.75, 3.05) is 45.3 Å². The molecule has 1 fully saturated rings. The van der Waals surface area contributed by atoms with Crippen LogP contribution in [0.5, 0.6) is 0 Å². The van der Waals surface area contributed by atoms with Gasteiger partial charge in [0.2, 0.25) is 0 Å². The Labute approximate surface area is 189 Å². The molecule has 3 rings (SSSR count). The molecule has 0 radical (unpaired) electrons. The highest BCUT2D eigenvalue weighted by Crippen LogP contribution is 2.21. The normalized spacial score (nSPS) is 18.2. The summed E-state index contributed by atoms with van der Waals surface area (Å²) >= 11 is 1.63. The number of ether oxygens (including phenoxy) is 2. The lowest BCUT2D eigenvalue weighted by Gasteiger charge is -2.32. The van der Waals surface area contributed by atoms with Gasteiger partial charge in [0.25, 0.3) is 0 Å². The number of hydrogen-bond acceptors (Lipinski definition) is 7. The maximum absolute atomic E-state index is 5.65. The highest BCUT2D eigenvalue weighted by atomic mass is 32.1. The summed E-state index contributed by atoms with van der Waals surface area (Å²) in [6.07, 6.45) is 2.11. The van der Waals surface area contributed by atoms with Crippen LogP contribution in [-0.2, 0) is 22.6 Å². The molecule has 1 N–H and O–H groups in total. The lowest BCUT2D eigenvalue weighted by atomic mass is 10.2. The molecule has 170 valence electrons. The Bertz CT molecular complexity index is 858. The average Bonchev–Trinajstić information content (AvgIpc) is 3.24. The minimum atomic E-state index is 0.0151. The Morgan fingerprint density at radius 2 is 2.35 bits per heavy atom. The van der Waals surface area contributed by atoms with E-state index in [1.807, 2.05) is 26.2 Å². The van der Waals surface area contributed by atoms with Crippen molar-refractivity contribution >= 4 is 23.1 Å². The number of methoxy groups -OCH3 is 1. The number of morpholine rings is 1. The Morgan fingerprint density at radius 1 is 1.52 bits per heavy atom. The summed E-state index contributed by atoms with van der Waals surface area (Å²) in [7, 11) is 3.74. The van der Waals surface area contributed by atoms with Gasteiger partial charge in [0.05, 0.1) is 31.5 Å². The highest BCUT2D eigenvalue weighted by Gasteiger charge is 2.18. The highest BCUT2D eigenvalue weighted by molar-refractivity contribution is 7.09. The van der Waals surface area contributed by atoms with Crippen molar-refractivity contribution in [3.05, 3.63) is 40.0 Å². The lowest BCUT2D eigenvalue weighted by Crippen LogP contribution is -2.41. The summed E-state index contributed by atoms with van der Waals surface area (Å²) in [5.74, 6) is 1.85. The number of aromatic nitrogens is 2. The Morgan fingerprint density at radius 3 is 3.10 bits per heavy atom. The summed E-state index contributed by atoms with van der Waals surface area (Å²) in [5, 5.41) is 6.46. The smallest absolute Gasteiger partial charge is 0.194 e. The number of nitrogens with zero attached hydrogens (tertiary/aromatic N) is 5. The zero-order valence-electron chi connectivity index (χ0n) is 19.2. The van der Waals surface area contributed by atoms with Crippen LogP contribution < -0.4 is 10.2 Å². The molecule has 0 spiro atoms. The van der Waals surface area contributed by atoms with E-state index in [4.69, 9.17) is 19.5 Å². The number of hydrogen-bond donors (Lipinski definition) is 1. The molecule has 2 atom stereocenters. The molecule has 2 aromatic rings. The number of aliphatic imine (C=N–C) groups is 1. The van der Waals surface area contributed by atoms with Crippen LogP contribution in [0.1, 0.15) is 43.1 Å². The lowest BCUT2D eigenvalue weighted by molar-refractivity contribution is 0.0529. The van der Waals surface area contributed by atoms with E-state index in [0.717, 1.165) is 54.3 Å².